The van der Waals surface area contributed by atoms with E-state index in [1.807, 2.05) is 0 Å². The van der Waals surface area contributed by atoms with Gasteiger partial charge in [0.05, 0.1) is 0 Å². The van der Waals surface area contributed by atoms with E-state index in [9.17, 15) is 4.79 Å². The molecular weight excluding hydrogens is 122 g/mol. The number of carbonyl (C=O) groups is 1. The largest absolute Gasteiger partial charge is 0.502 e. The second kappa shape index (κ2) is 1.76. The average Bonchev–Trinajstić information content (AvgIpc) is 1.98. The summed E-state index contributed by atoms with van der Waals surface area (Å²) in [5.74, 6) is -0.845. The highest BCUT2D eigenvalue weighted by Gasteiger charge is 2.27. The summed E-state index contributed by atoms with van der Waals surface area (Å²) in [6.07, 6.45) is -0.252. The van der Waals surface area contributed by atoms with Gasteiger partial charge in [-0.1, -0.05) is 0 Å². The van der Waals surface area contributed by atoms with E-state index in [0.29, 0.717) is 5.57 Å². The molecular formula is C6H8O3. The molecule has 0 bridgehead atoms. The van der Waals surface area contributed by atoms with Crippen molar-refractivity contribution in [2.75, 3.05) is 0 Å². The minimum atomic E-state index is -0.611. The van der Waals surface area contributed by atoms with E-state index in [-0.39, 0.29) is 11.9 Å². The summed E-state index contributed by atoms with van der Waals surface area (Å²) >= 11 is 0. The average molecular weight is 130 g/mol. The van der Waals surface area contributed by atoms with Crippen LogP contribution in [0.25, 0.3) is 0 Å². The molecule has 1 N–H and O–H groups in total. The van der Waals surface area contributed by atoms with Gasteiger partial charge in [0.2, 0.25) is 5.76 Å². The summed E-state index contributed by atoms with van der Waals surface area (Å²) in [7, 11) is 0. The molecule has 0 amide bonds. The number of carbonyl (C=O) groups excluding carboxylic acids is 1. The number of rotatable bonds is 0. The Labute approximate surface area is 52.9 Å². The van der Waals surface area contributed by atoms with Crippen LogP contribution in [-0.4, -0.2) is 17.2 Å². The van der Waals surface area contributed by atoms with Crippen molar-refractivity contribution in [2.45, 2.75) is 20.0 Å². The first kappa shape index (κ1) is 6.13. The Morgan fingerprint density at radius 1 is 1.67 bits per heavy atom. The SMILES string of the molecule is CC1=C(O)C(=O)O[13CH]1[13CH3]. The third kappa shape index (κ3) is 0.781. The van der Waals surface area contributed by atoms with Gasteiger partial charge in [-0.15, -0.1) is 0 Å². The first-order valence-electron chi connectivity index (χ1n) is 2.73. The summed E-state index contributed by atoms with van der Waals surface area (Å²) in [5, 5.41) is 8.84. The topological polar surface area (TPSA) is 46.5 Å². The number of ether oxygens (including phenoxy) is 1. The van der Waals surface area contributed by atoms with Gasteiger partial charge in [0.25, 0.3) is 0 Å². The molecule has 0 aromatic carbocycles. The standard InChI is InChI=1S/C6H8O3/c1-3-4(2)9-6(8)5(3)7/h4,7H,1-2H3/i2+1,4+1. The van der Waals surface area contributed by atoms with Crippen molar-refractivity contribution in [2.24, 2.45) is 0 Å². The van der Waals surface area contributed by atoms with Crippen LogP contribution in [-0.2, 0) is 9.53 Å². The van der Waals surface area contributed by atoms with Gasteiger partial charge >= 0.3 is 5.97 Å². The monoisotopic (exact) mass is 130 g/mol. The number of aliphatic hydroxyl groups excluding tert-OH is 1. The van der Waals surface area contributed by atoms with Gasteiger partial charge < -0.3 is 9.84 Å². The van der Waals surface area contributed by atoms with E-state index >= 15 is 0 Å². The molecule has 50 valence electrons. The summed E-state index contributed by atoms with van der Waals surface area (Å²) in [5.41, 5.74) is 0.611. The quantitative estimate of drug-likeness (QED) is 0.389. The van der Waals surface area contributed by atoms with Crippen LogP contribution in [0.15, 0.2) is 11.3 Å². The molecule has 0 radical (unpaired) electrons. The van der Waals surface area contributed by atoms with Gasteiger partial charge in [-0.3, -0.25) is 0 Å². The molecule has 0 aromatic heterocycles. The van der Waals surface area contributed by atoms with Gasteiger partial charge in [0, 0.05) is 5.57 Å². The summed E-state index contributed by atoms with van der Waals surface area (Å²) in [4.78, 5) is 10.5. The summed E-state index contributed by atoms with van der Waals surface area (Å²) < 4.78 is 4.62. The fraction of sp³-hybridized carbons (Fsp3) is 0.500. The lowest BCUT2D eigenvalue weighted by molar-refractivity contribution is -0.141. The molecule has 9 heavy (non-hydrogen) atoms. The highest BCUT2D eigenvalue weighted by atomic mass is 16.6. The van der Waals surface area contributed by atoms with Crippen molar-refractivity contribution in [1.82, 2.24) is 0 Å². The van der Waals surface area contributed by atoms with Crippen molar-refractivity contribution < 1.29 is 14.6 Å². The van der Waals surface area contributed by atoms with Gasteiger partial charge in [-0.05, 0) is 13.8 Å². The lowest BCUT2D eigenvalue weighted by atomic mass is 10.4. The zero-order valence-corrected chi connectivity index (χ0v) is 5.34. The highest BCUT2D eigenvalue weighted by Crippen LogP contribution is 2.18. The normalized spacial score (nSPS) is 26.9. The number of cyclic esters (lactones) is 1. The minimum Gasteiger partial charge on any atom is -0.502 e. The number of aliphatic hydroxyl groups is 1. The smallest absolute Gasteiger partial charge is 0.374 e. The van der Waals surface area contributed by atoms with Crippen LogP contribution in [0, 0.1) is 0 Å². The third-order valence-corrected chi connectivity index (χ3v) is 1.46. The highest BCUT2D eigenvalue weighted by molar-refractivity contribution is 5.89. The van der Waals surface area contributed by atoms with Crippen molar-refractivity contribution >= 4 is 5.97 Å². The van der Waals surface area contributed by atoms with E-state index in [0.717, 1.165) is 0 Å². The van der Waals surface area contributed by atoms with Crippen LogP contribution in [0.5, 0.6) is 0 Å². The Morgan fingerprint density at radius 2 is 2.22 bits per heavy atom. The van der Waals surface area contributed by atoms with Gasteiger partial charge in [-0.2, -0.15) is 0 Å². The van der Waals surface area contributed by atoms with Gasteiger partial charge in [0.15, 0.2) is 0 Å². The summed E-state index contributed by atoms with van der Waals surface area (Å²) in [6.45, 7) is 3.39. The van der Waals surface area contributed by atoms with Crippen molar-refractivity contribution in [3.8, 4) is 0 Å². The molecule has 1 unspecified atom stereocenters. The predicted molar refractivity (Wildman–Crippen MR) is 30.9 cm³/mol. The Morgan fingerprint density at radius 3 is 2.33 bits per heavy atom. The second-order valence-corrected chi connectivity index (χ2v) is 2.08. The lowest BCUT2D eigenvalue weighted by Gasteiger charge is -1.99. The van der Waals surface area contributed by atoms with E-state index in [1.54, 1.807) is 13.8 Å². The predicted octanol–water partition coefficient (Wildman–Crippen LogP) is 0.764. The zero-order valence-electron chi connectivity index (χ0n) is 5.34. The first-order valence-corrected chi connectivity index (χ1v) is 2.73. The Balaban J connectivity index is 2.92. The van der Waals surface area contributed by atoms with Crippen LogP contribution in [0.3, 0.4) is 0 Å². The summed E-state index contributed by atoms with van der Waals surface area (Å²) in [6, 6.07) is 0. The molecule has 0 fully saturated rings. The molecule has 0 aromatic rings. The maximum Gasteiger partial charge on any atom is 0.374 e. The Kier molecular flexibility index (Phi) is 1.20. The van der Waals surface area contributed by atoms with Gasteiger partial charge in [-0.25, -0.2) is 4.79 Å². The molecule has 0 saturated carbocycles. The van der Waals surface area contributed by atoms with E-state index in [2.05, 4.69) is 4.74 Å². The van der Waals surface area contributed by atoms with Crippen LogP contribution in [0.2, 0.25) is 0 Å². The zero-order chi connectivity index (χ0) is 7.02. The van der Waals surface area contributed by atoms with E-state index < -0.39 is 5.97 Å². The molecule has 3 heteroatoms. The molecule has 1 aliphatic heterocycles. The Bertz CT molecular complexity index is 181. The Hall–Kier alpha value is -0.990. The molecule has 1 rings (SSSR count). The van der Waals surface area contributed by atoms with Crippen LogP contribution in [0.1, 0.15) is 13.8 Å². The van der Waals surface area contributed by atoms with E-state index in [4.69, 9.17) is 5.11 Å². The van der Waals surface area contributed by atoms with Crippen molar-refractivity contribution in [3.05, 3.63) is 11.3 Å². The fourth-order valence-electron chi connectivity index (χ4n) is 0.658. The maximum absolute atomic E-state index is 10.5. The van der Waals surface area contributed by atoms with Crippen molar-refractivity contribution in [1.29, 1.82) is 0 Å². The van der Waals surface area contributed by atoms with Crippen LogP contribution in [0.4, 0.5) is 0 Å². The lowest BCUT2D eigenvalue weighted by Crippen LogP contribution is -2.04. The van der Waals surface area contributed by atoms with Crippen LogP contribution < -0.4 is 0 Å². The molecule has 1 atom stereocenters. The minimum absolute atomic E-state index is 0.234. The molecule has 0 aliphatic carbocycles. The van der Waals surface area contributed by atoms with Crippen LogP contribution >= 0.6 is 0 Å². The molecule has 0 saturated heterocycles. The second-order valence-electron chi connectivity index (χ2n) is 2.08. The van der Waals surface area contributed by atoms with E-state index in [1.165, 1.54) is 0 Å². The fourth-order valence-corrected chi connectivity index (χ4v) is 0.658. The maximum atomic E-state index is 10.5. The molecule has 3 nitrogen and oxygen atoms in total. The molecule has 1 aliphatic rings. The first-order chi connectivity index (χ1) is 4.13. The number of hydrogen-bond donors (Lipinski definition) is 1. The molecule has 0 spiro atoms. The third-order valence-electron chi connectivity index (χ3n) is 1.46. The van der Waals surface area contributed by atoms with Gasteiger partial charge in [0.1, 0.15) is 6.10 Å². The number of hydrogen-bond acceptors (Lipinski definition) is 3. The number of esters is 1. The van der Waals surface area contributed by atoms with Crippen molar-refractivity contribution in [3.63, 3.8) is 0 Å². The molecule has 1 heterocycles.